The molecule has 0 aliphatic rings. The number of hydrogen-bond acceptors (Lipinski definition) is 6. The summed E-state index contributed by atoms with van der Waals surface area (Å²) in [6.45, 7) is 4.51. The van der Waals surface area contributed by atoms with Crippen LogP contribution in [0.5, 0.6) is 0 Å². The van der Waals surface area contributed by atoms with E-state index in [-0.39, 0.29) is 12.5 Å². The first-order chi connectivity index (χ1) is 39.5. The molecule has 0 spiro atoms. The van der Waals surface area contributed by atoms with Crippen LogP contribution in [0.25, 0.3) is 0 Å². The lowest BCUT2D eigenvalue weighted by atomic mass is 10.0. The van der Waals surface area contributed by atoms with E-state index in [1.54, 1.807) is 6.08 Å². The molecule has 464 valence electrons. The number of phosphoric acid groups is 1. The van der Waals surface area contributed by atoms with E-state index in [1.807, 2.05) is 27.2 Å². The zero-order chi connectivity index (χ0) is 59.1. The van der Waals surface area contributed by atoms with Gasteiger partial charge < -0.3 is 28.8 Å². The van der Waals surface area contributed by atoms with Gasteiger partial charge in [0.25, 0.3) is 7.82 Å². The van der Waals surface area contributed by atoms with Gasteiger partial charge in [-0.3, -0.25) is 9.36 Å². The Bertz CT molecular complexity index is 1780. The van der Waals surface area contributed by atoms with Crippen LogP contribution in [-0.2, 0) is 18.4 Å². The summed E-state index contributed by atoms with van der Waals surface area (Å²) in [7, 11) is 1.23. The molecule has 0 aromatic rings. The summed E-state index contributed by atoms with van der Waals surface area (Å²) in [5.41, 5.74) is 0. The maximum Gasteiger partial charge on any atom is 0.268 e. The molecule has 2 N–H and O–H groups in total. The number of rotatable bonds is 59. The van der Waals surface area contributed by atoms with E-state index < -0.39 is 26.6 Å². The number of aliphatic hydroxyl groups is 1. The molecule has 9 heteroatoms. The van der Waals surface area contributed by atoms with Gasteiger partial charge in [0.1, 0.15) is 13.2 Å². The summed E-state index contributed by atoms with van der Waals surface area (Å²) >= 11 is 0. The van der Waals surface area contributed by atoms with Crippen LogP contribution < -0.4 is 10.2 Å². The lowest BCUT2D eigenvalue weighted by Crippen LogP contribution is -2.45. The van der Waals surface area contributed by atoms with Crippen molar-refractivity contribution in [2.75, 3.05) is 40.9 Å². The number of quaternary nitrogens is 1. The van der Waals surface area contributed by atoms with Crippen molar-refractivity contribution in [2.24, 2.45) is 0 Å². The monoisotopic (exact) mass is 1140 g/mol. The number of hydrogen-bond donors (Lipinski definition) is 2. The van der Waals surface area contributed by atoms with Gasteiger partial charge in [-0.1, -0.05) is 289 Å². The largest absolute Gasteiger partial charge is 0.756 e. The molecule has 0 saturated carbocycles. The minimum Gasteiger partial charge on any atom is -0.756 e. The highest BCUT2D eigenvalue weighted by Gasteiger charge is 2.23. The van der Waals surface area contributed by atoms with Crippen LogP contribution >= 0.6 is 7.82 Å². The number of phosphoric ester groups is 1. The molecule has 0 rings (SSSR count). The van der Waals surface area contributed by atoms with Crippen LogP contribution in [0.3, 0.4) is 0 Å². The number of aliphatic hydroxyl groups excluding tert-OH is 1. The molecule has 0 bridgehead atoms. The van der Waals surface area contributed by atoms with Crippen molar-refractivity contribution in [1.29, 1.82) is 0 Å². The Hall–Kier alpha value is -3.36. The predicted molar refractivity (Wildman–Crippen MR) is 352 cm³/mol. The first-order valence-corrected chi connectivity index (χ1v) is 34.5. The van der Waals surface area contributed by atoms with E-state index in [2.05, 4.69) is 141 Å². The van der Waals surface area contributed by atoms with Gasteiger partial charge in [0.15, 0.2) is 0 Å². The Morgan fingerprint density at radius 3 is 1.15 bits per heavy atom. The Balaban J connectivity index is 4.09. The molecule has 8 nitrogen and oxygen atoms in total. The predicted octanol–water partition coefficient (Wildman–Crippen LogP) is 20.4. The number of nitrogens with zero attached hydrogens (tertiary/aromatic N) is 1. The second-order valence-electron chi connectivity index (χ2n) is 23.1. The Kier molecular flexibility index (Phi) is 58.7. The summed E-state index contributed by atoms with van der Waals surface area (Å²) in [5.74, 6) is -0.212. The summed E-state index contributed by atoms with van der Waals surface area (Å²) in [6, 6.07) is -0.912. The van der Waals surface area contributed by atoms with E-state index in [9.17, 15) is 19.4 Å². The van der Waals surface area contributed by atoms with Crippen LogP contribution in [0.1, 0.15) is 264 Å². The molecule has 0 saturated heterocycles. The number of likely N-dealkylation sites (N-methyl/N-ethyl adjacent to an activating group) is 1. The van der Waals surface area contributed by atoms with Crippen molar-refractivity contribution in [3.05, 3.63) is 134 Å². The summed E-state index contributed by atoms with van der Waals surface area (Å²) in [6.07, 6.45) is 92.7. The van der Waals surface area contributed by atoms with Gasteiger partial charge in [-0.05, 0) is 103 Å². The van der Waals surface area contributed by atoms with Crippen LogP contribution in [0.2, 0.25) is 0 Å². The van der Waals surface area contributed by atoms with E-state index in [0.717, 1.165) is 96.3 Å². The Morgan fingerprint density at radius 2 is 0.765 bits per heavy atom. The SMILES string of the molecule is CC/C=C\C/C=C\C/C=C\C/C=C\C/C=C\C/C=C\C/C=C\C/C=C\C/C=C\CCCCCCCCCCCCCCCC(=O)NC(COP(=O)([O-])OCC[N+](C)(C)C)C(O)/C=C/CC/C=C/CCCCCCCCCCCCCC. The smallest absolute Gasteiger partial charge is 0.268 e. The molecule has 0 radical (unpaired) electrons. The first-order valence-electron chi connectivity index (χ1n) is 33.0. The highest BCUT2D eigenvalue weighted by atomic mass is 31.2. The van der Waals surface area contributed by atoms with Crippen molar-refractivity contribution in [3.8, 4) is 0 Å². The molecule has 1 amide bonds. The number of carbonyl (C=O) groups excluding carboxylic acids is 1. The number of unbranched alkanes of at least 4 members (excludes halogenated alkanes) is 26. The molecular formula is C72H125N2O6P. The second kappa shape index (κ2) is 61.2. The maximum atomic E-state index is 13.0. The zero-order valence-corrected chi connectivity index (χ0v) is 53.8. The van der Waals surface area contributed by atoms with Crippen LogP contribution in [0.15, 0.2) is 134 Å². The van der Waals surface area contributed by atoms with Crippen molar-refractivity contribution >= 4 is 13.7 Å². The van der Waals surface area contributed by atoms with Gasteiger partial charge in [0.05, 0.1) is 39.9 Å². The summed E-state index contributed by atoms with van der Waals surface area (Å²) < 4.78 is 23.4. The fourth-order valence-corrected chi connectivity index (χ4v) is 9.71. The minimum absolute atomic E-state index is 0.0114. The average Bonchev–Trinajstić information content (AvgIpc) is 3.43. The summed E-state index contributed by atoms with van der Waals surface area (Å²) in [5, 5.41) is 13.9. The van der Waals surface area contributed by atoms with Crippen molar-refractivity contribution < 1.29 is 32.9 Å². The number of carbonyl (C=O) groups is 1. The van der Waals surface area contributed by atoms with Gasteiger partial charge in [-0.25, -0.2) is 0 Å². The van der Waals surface area contributed by atoms with E-state index in [1.165, 1.54) is 148 Å². The highest BCUT2D eigenvalue weighted by molar-refractivity contribution is 7.45. The van der Waals surface area contributed by atoms with Crippen molar-refractivity contribution in [2.45, 2.75) is 276 Å². The molecular weight excluding hydrogens is 1020 g/mol. The third-order valence-electron chi connectivity index (χ3n) is 14.1. The normalized spacial score (nSPS) is 14.6. The topological polar surface area (TPSA) is 108 Å². The number of allylic oxidation sites excluding steroid dienone is 21. The maximum absolute atomic E-state index is 13.0. The van der Waals surface area contributed by atoms with E-state index in [0.29, 0.717) is 17.4 Å². The summed E-state index contributed by atoms with van der Waals surface area (Å²) in [4.78, 5) is 25.6. The number of amides is 1. The molecule has 0 aromatic heterocycles. The first kappa shape index (κ1) is 77.6. The van der Waals surface area contributed by atoms with Gasteiger partial charge in [0.2, 0.25) is 5.91 Å². The molecule has 0 heterocycles. The van der Waals surface area contributed by atoms with Gasteiger partial charge >= 0.3 is 0 Å². The molecule has 3 unspecified atom stereocenters. The Morgan fingerprint density at radius 1 is 0.444 bits per heavy atom. The van der Waals surface area contributed by atoms with Crippen molar-refractivity contribution in [1.82, 2.24) is 5.32 Å². The van der Waals surface area contributed by atoms with Crippen LogP contribution in [-0.4, -0.2) is 68.5 Å². The van der Waals surface area contributed by atoms with Crippen molar-refractivity contribution in [3.63, 3.8) is 0 Å². The molecule has 0 aliphatic heterocycles. The molecule has 3 atom stereocenters. The zero-order valence-electron chi connectivity index (χ0n) is 52.9. The van der Waals surface area contributed by atoms with E-state index in [4.69, 9.17) is 9.05 Å². The highest BCUT2D eigenvalue weighted by Crippen LogP contribution is 2.38. The molecule has 0 fully saturated rings. The van der Waals surface area contributed by atoms with E-state index >= 15 is 0 Å². The third kappa shape index (κ3) is 64.1. The third-order valence-corrected chi connectivity index (χ3v) is 15.1. The quantitative estimate of drug-likeness (QED) is 0.0272. The van der Waals surface area contributed by atoms with Gasteiger partial charge in [-0.15, -0.1) is 0 Å². The lowest BCUT2D eigenvalue weighted by Gasteiger charge is -2.29. The molecule has 81 heavy (non-hydrogen) atoms. The van der Waals surface area contributed by atoms with Gasteiger partial charge in [-0.2, -0.15) is 0 Å². The number of nitrogens with one attached hydrogen (secondary N) is 1. The fourth-order valence-electron chi connectivity index (χ4n) is 8.99. The average molecular weight is 1150 g/mol. The standard InChI is InChI=1S/C72H125N2O6P/c1-6-8-10-12-14-16-18-20-22-24-26-27-28-29-30-31-32-33-34-35-36-37-38-39-40-41-42-43-44-45-46-47-48-50-52-54-56-58-60-62-64-66-72(76)73-70(69-80-81(77,78)79-68-67-74(3,4)5)71(75)65-63-61-59-57-55-53-51-49-25-23-21-19-17-15-13-11-9-7-2/h8,10,14,16,20,22,26-27,29-30,32-33,35-36,38-39,41-42,55,57,63,65,70-71,75H,6-7,9,11-13,15,17-19,21,23-25,28,31,34,37,40,43-54,56,58-62,64,66-69H2,1-5H3,(H-,73,76,77,78)/b10-8-,16-14-,22-20-,27-26-,30-29-,33-32-,36-35-,39-38-,42-41-,57-55+,65-63+. The molecule has 0 aliphatic carbocycles. The lowest BCUT2D eigenvalue weighted by molar-refractivity contribution is -0.870. The van der Waals surface area contributed by atoms with Gasteiger partial charge in [0, 0.05) is 6.42 Å². The second-order valence-corrected chi connectivity index (χ2v) is 24.5. The van der Waals surface area contributed by atoms with Crippen LogP contribution in [0.4, 0.5) is 0 Å². The Labute approximate surface area is 500 Å². The minimum atomic E-state index is -4.61. The fraction of sp³-hybridized carbons (Fsp3) is 0.681. The molecule has 0 aromatic carbocycles. The van der Waals surface area contributed by atoms with Crippen LogP contribution in [0, 0.1) is 0 Å².